The maximum Gasteiger partial charge on any atom is 2.00 e. The second kappa shape index (κ2) is 37.7. The minimum Gasteiger partial charge on any atom is -0.360 e. The Hall–Kier alpha value is -3.52. The molecule has 0 heterocycles. The van der Waals surface area contributed by atoms with Gasteiger partial charge in [0.25, 0.3) is 0 Å². The van der Waals surface area contributed by atoms with Crippen LogP contribution in [-0.4, -0.2) is 78.1 Å². The van der Waals surface area contributed by atoms with Crippen molar-refractivity contribution >= 4 is 70.6 Å². The summed E-state index contributed by atoms with van der Waals surface area (Å²) in [7, 11) is 0. The molecule has 0 aromatic heterocycles. The summed E-state index contributed by atoms with van der Waals surface area (Å²) in [5, 5.41) is 23.6. The van der Waals surface area contributed by atoms with E-state index in [9.17, 15) is 0 Å². The van der Waals surface area contributed by atoms with E-state index < -0.39 is 0 Å². The van der Waals surface area contributed by atoms with Crippen molar-refractivity contribution in [3.63, 3.8) is 0 Å². The standard InChI is InChI=1S/C27H36N10S3.3C5H6.3Fe/c38-25(34-31-19-22-7-1-2-8-22)28-13-16-37(17-14-29-26(39)35-32-20-23-9-3-4-10-23)18-15-30-27(40)36-33-21-24-11-5-6-12-24;3*1-2-4-5-3-1;;;/h1-12,19-24H,13-18H2,(H2,28,34,38)(H2,29,35,39)(H2,30,36,40);3*1-4H,5H2;;;/q;;;;3*+2/b31-19+,32-20+,33-21+;;;;;;. The molecule has 0 radical (unpaired) electrons. The Kier molecular flexibility index (Phi) is 35.4. The van der Waals surface area contributed by atoms with Crippen LogP contribution in [0.3, 0.4) is 0 Å². The first-order chi connectivity index (χ1) is 27.1. The molecule has 0 saturated carbocycles. The number of nitrogens with zero attached hydrogens (tertiary/aromatic N) is 4. The van der Waals surface area contributed by atoms with E-state index in [4.69, 9.17) is 36.7 Å². The van der Waals surface area contributed by atoms with E-state index in [1.165, 1.54) is 0 Å². The normalized spacial score (nSPS) is 15.9. The van der Waals surface area contributed by atoms with Gasteiger partial charge in [0, 0.05) is 75.7 Å². The first-order valence-corrected chi connectivity index (χ1v) is 19.7. The summed E-state index contributed by atoms with van der Waals surface area (Å²) >= 11 is 16.0. The predicted octanol–water partition coefficient (Wildman–Crippen LogP) is 6.36. The average molecular weight is 963 g/mol. The number of hydrazone groups is 3. The monoisotopic (exact) mass is 962 g/mol. The van der Waals surface area contributed by atoms with Crippen molar-refractivity contribution in [1.29, 1.82) is 0 Å². The second-order valence-corrected chi connectivity index (χ2v) is 13.3. The van der Waals surface area contributed by atoms with Gasteiger partial charge in [0.1, 0.15) is 0 Å². The molecule has 0 aromatic carbocycles. The Bertz CT molecular complexity index is 1400. The van der Waals surface area contributed by atoms with Crippen molar-refractivity contribution < 1.29 is 51.2 Å². The third-order valence-electron chi connectivity index (χ3n) is 7.68. The molecule has 0 saturated heterocycles. The number of nitrogens with one attached hydrogen (secondary N) is 6. The Labute approximate surface area is 393 Å². The van der Waals surface area contributed by atoms with Gasteiger partial charge in [-0.1, -0.05) is 146 Å². The van der Waals surface area contributed by atoms with E-state index in [1.807, 2.05) is 55.1 Å². The third kappa shape index (κ3) is 29.7. The molecule has 6 aliphatic rings. The van der Waals surface area contributed by atoms with E-state index in [0.29, 0.717) is 35.0 Å². The summed E-state index contributed by atoms with van der Waals surface area (Å²) in [6, 6.07) is 0. The van der Waals surface area contributed by atoms with E-state index in [1.54, 1.807) is 0 Å². The molecule has 6 N–H and O–H groups in total. The van der Waals surface area contributed by atoms with Crippen LogP contribution in [0.4, 0.5) is 0 Å². The van der Waals surface area contributed by atoms with Gasteiger partial charge in [-0.05, 0) is 55.9 Å². The molecule has 58 heavy (non-hydrogen) atoms. The molecule has 10 nitrogen and oxygen atoms in total. The van der Waals surface area contributed by atoms with E-state index >= 15 is 0 Å². The molecule has 16 heteroatoms. The zero-order chi connectivity index (χ0) is 38.9. The van der Waals surface area contributed by atoms with Crippen molar-refractivity contribution in [2.24, 2.45) is 33.1 Å². The fourth-order valence-corrected chi connectivity index (χ4v) is 5.27. The summed E-state index contributed by atoms with van der Waals surface area (Å²) in [4.78, 5) is 2.27. The van der Waals surface area contributed by atoms with Crippen molar-refractivity contribution in [3.8, 4) is 0 Å². The van der Waals surface area contributed by atoms with Crippen LogP contribution in [0.15, 0.2) is 161 Å². The number of thiocarbonyl (C=S) groups is 3. The van der Waals surface area contributed by atoms with Crippen LogP contribution < -0.4 is 32.2 Å². The molecule has 0 aromatic rings. The quantitative estimate of drug-likeness (QED) is 0.0480. The van der Waals surface area contributed by atoms with E-state index in [0.717, 1.165) is 38.9 Å². The van der Waals surface area contributed by atoms with E-state index in [-0.39, 0.29) is 69.0 Å². The van der Waals surface area contributed by atoms with Crippen LogP contribution in [0, 0.1) is 17.8 Å². The zero-order valence-corrected chi connectivity index (χ0v) is 38.0. The molecule has 0 aliphatic heterocycles. The van der Waals surface area contributed by atoms with Gasteiger partial charge >= 0.3 is 51.2 Å². The summed E-state index contributed by atoms with van der Waals surface area (Å²) in [5.41, 5.74) is 8.59. The summed E-state index contributed by atoms with van der Waals surface area (Å²) in [5.74, 6) is 0.614. The van der Waals surface area contributed by atoms with Crippen LogP contribution in [0.25, 0.3) is 0 Å². The van der Waals surface area contributed by atoms with Crippen molar-refractivity contribution in [2.75, 3.05) is 39.3 Å². The molecule has 0 unspecified atom stereocenters. The van der Waals surface area contributed by atoms with Crippen molar-refractivity contribution in [3.05, 3.63) is 146 Å². The summed E-state index contributed by atoms with van der Waals surface area (Å²) in [6.07, 6.45) is 58.2. The molecular formula is C42H54Fe3N10S3+6. The largest absolute Gasteiger partial charge is 2.00 e. The molecule has 308 valence electrons. The second-order valence-electron chi connectivity index (χ2n) is 12.1. The van der Waals surface area contributed by atoms with Gasteiger partial charge in [-0.3, -0.25) is 21.2 Å². The number of hydrogen-bond donors (Lipinski definition) is 6. The molecular weight excluding hydrogens is 908 g/mol. The fraction of sp³-hybridized carbons (Fsp3) is 0.286. The van der Waals surface area contributed by atoms with Gasteiger partial charge in [-0.2, -0.15) is 15.3 Å². The summed E-state index contributed by atoms with van der Waals surface area (Å²) in [6.45, 7) is 4.20. The van der Waals surface area contributed by atoms with Crippen molar-refractivity contribution in [1.82, 2.24) is 37.1 Å². The molecule has 0 spiro atoms. The van der Waals surface area contributed by atoms with Gasteiger partial charge in [0.15, 0.2) is 15.3 Å². The van der Waals surface area contributed by atoms with Crippen LogP contribution >= 0.6 is 36.7 Å². The SMILES string of the molecule is C1=CCC=C1.C1=CCC=C1.C1=CCC=C1.S=C(NCCN(CCNC(=S)N/N=C/C1C=CC=C1)CCNC(=S)N/N=C/C1C=CC=C1)N/N=C/C1C=CC=C1.[Fe+2].[Fe+2].[Fe+2]. The van der Waals surface area contributed by atoms with Crippen molar-refractivity contribution in [2.45, 2.75) is 19.3 Å². The predicted molar refractivity (Wildman–Crippen MR) is 247 cm³/mol. The Morgan fingerprint density at radius 3 is 0.879 bits per heavy atom. The minimum absolute atomic E-state index is 0. The number of rotatable bonds is 15. The third-order valence-corrected chi connectivity index (χ3v) is 8.39. The van der Waals surface area contributed by atoms with Gasteiger partial charge < -0.3 is 16.0 Å². The van der Waals surface area contributed by atoms with Gasteiger partial charge in [-0.15, -0.1) is 0 Å². The molecule has 0 atom stereocenters. The van der Waals surface area contributed by atoms with E-state index in [2.05, 4.69) is 162 Å². The maximum atomic E-state index is 5.34. The molecule has 0 amide bonds. The summed E-state index contributed by atoms with van der Waals surface area (Å²) < 4.78 is 0. The molecule has 6 aliphatic carbocycles. The number of hydrogen-bond acceptors (Lipinski definition) is 7. The van der Waals surface area contributed by atoms with Gasteiger partial charge in [0.2, 0.25) is 0 Å². The molecule has 0 bridgehead atoms. The first-order valence-electron chi connectivity index (χ1n) is 18.5. The maximum absolute atomic E-state index is 5.34. The van der Waals surface area contributed by atoms with Crippen LogP contribution in [0.5, 0.6) is 0 Å². The smallest absolute Gasteiger partial charge is 0.360 e. The minimum atomic E-state index is 0. The average Bonchev–Trinajstić information content (AvgIpc) is 4.04. The van der Waals surface area contributed by atoms with Gasteiger partial charge in [-0.25, -0.2) is 0 Å². The Morgan fingerprint density at radius 2 is 0.672 bits per heavy atom. The fourth-order valence-electron chi connectivity index (χ4n) is 4.81. The van der Waals surface area contributed by atoms with Gasteiger partial charge in [0.05, 0.1) is 0 Å². The van der Waals surface area contributed by atoms with Crippen LogP contribution in [0.1, 0.15) is 19.3 Å². The molecule has 6 rings (SSSR count). The molecule has 0 fully saturated rings. The topological polar surface area (TPSA) is 112 Å². The van der Waals surface area contributed by atoms with Crippen LogP contribution in [0.2, 0.25) is 0 Å². The zero-order valence-electron chi connectivity index (χ0n) is 32.3. The van der Waals surface area contributed by atoms with Crippen LogP contribution in [-0.2, 0) is 51.2 Å². The first kappa shape index (κ1) is 54.5. The Balaban J connectivity index is 0.00000149. The Morgan fingerprint density at radius 1 is 0.431 bits per heavy atom. The number of allylic oxidation sites excluding steroid dienone is 24.